The molecule has 0 saturated heterocycles. The average molecular weight is 536 g/mol. The Kier molecular flexibility index (Phi) is 12.6. The number of nitrogens with one attached hydrogen (secondary N) is 1. The molecule has 0 spiro atoms. The van der Waals surface area contributed by atoms with E-state index in [9.17, 15) is 13.2 Å². The van der Waals surface area contributed by atoms with Crippen molar-refractivity contribution in [2.45, 2.75) is 26.4 Å². The van der Waals surface area contributed by atoms with E-state index in [4.69, 9.17) is 18.9 Å². The first-order chi connectivity index (χ1) is 17.5. The van der Waals surface area contributed by atoms with Crippen molar-refractivity contribution < 1.29 is 36.3 Å². The third-order valence-electron chi connectivity index (χ3n) is 4.51. The zero-order chi connectivity index (χ0) is 27.2. The van der Waals surface area contributed by atoms with Gasteiger partial charge in [-0.05, 0) is 56.2 Å². The van der Waals surface area contributed by atoms with Crippen LogP contribution in [-0.2, 0) is 33.3 Å². The highest BCUT2D eigenvalue weighted by Crippen LogP contribution is 2.16. The highest BCUT2D eigenvalue weighted by Gasteiger charge is 2.15. The molecule has 0 aliphatic heterocycles. The Morgan fingerprint density at radius 3 is 1.86 bits per heavy atom. The van der Waals surface area contributed by atoms with Crippen LogP contribution in [0.3, 0.4) is 0 Å². The molecule has 204 valence electrons. The molecule has 0 heterocycles. The molecule has 2 rings (SSSR count). The van der Waals surface area contributed by atoms with Gasteiger partial charge in [0.2, 0.25) is 0 Å². The monoisotopic (exact) mass is 535 g/mol. The normalized spacial score (nSPS) is 12.0. The molecule has 37 heavy (non-hydrogen) atoms. The Morgan fingerprint density at radius 1 is 0.811 bits per heavy atom. The maximum absolute atomic E-state index is 11.8. The molecule has 0 saturated carbocycles. The fourth-order valence-electron chi connectivity index (χ4n) is 2.92. The van der Waals surface area contributed by atoms with Gasteiger partial charge in [0.15, 0.2) is 0 Å². The quantitative estimate of drug-likeness (QED) is 0.148. The summed E-state index contributed by atoms with van der Waals surface area (Å²) in [5.41, 5.74) is 2.42. The lowest BCUT2D eigenvalue weighted by Gasteiger charge is -2.19. The lowest BCUT2D eigenvalue weighted by molar-refractivity contribution is -0.152. The number of carbonyl (C=O) groups is 1. The van der Waals surface area contributed by atoms with E-state index < -0.39 is 15.7 Å². The summed E-state index contributed by atoms with van der Waals surface area (Å²) in [5.74, 6) is 0.452. The average Bonchev–Trinajstić information content (AvgIpc) is 2.82. The van der Waals surface area contributed by atoms with E-state index in [0.29, 0.717) is 26.4 Å². The third kappa shape index (κ3) is 15.0. The zero-order valence-electron chi connectivity index (χ0n) is 21.9. The number of esters is 1. The van der Waals surface area contributed by atoms with Gasteiger partial charge in [-0.1, -0.05) is 36.4 Å². The molecule has 0 aliphatic rings. The number of benzene rings is 2. The Morgan fingerprint density at radius 2 is 1.32 bits per heavy atom. The molecule has 0 amide bonds. The fraction of sp³-hybridized carbons (Fsp3) is 0.444. The van der Waals surface area contributed by atoms with Crippen molar-refractivity contribution in [1.29, 1.82) is 0 Å². The summed E-state index contributed by atoms with van der Waals surface area (Å²) >= 11 is 0. The van der Waals surface area contributed by atoms with Crippen molar-refractivity contribution in [2.24, 2.45) is 0 Å². The predicted molar refractivity (Wildman–Crippen MR) is 144 cm³/mol. The molecule has 9 nitrogen and oxygen atoms in total. The van der Waals surface area contributed by atoms with Gasteiger partial charge in [0.1, 0.15) is 24.5 Å². The number of rotatable bonds is 16. The van der Waals surface area contributed by atoms with Gasteiger partial charge in [-0.25, -0.2) is 0 Å². The van der Waals surface area contributed by atoms with Crippen molar-refractivity contribution in [3.63, 3.8) is 0 Å². The summed E-state index contributed by atoms with van der Waals surface area (Å²) in [5, 5.41) is 3.07. The highest BCUT2D eigenvalue weighted by molar-refractivity contribution is 7.85. The Hall–Kier alpha value is -2.92. The van der Waals surface area contributed by atoms with Gasteiger partial charge in [0.25, 0.3) is 10.1 Å². The van der Waals surface area contributed by atoms with Crippen molar-refractivity contribution in [3.05, 3.63) is 59.7 Å². The molecule has 0 atom stereocenters. The summed E-state index contributed by atoms with van der Waals surface area (Å²) in [6.45, 7) is 7.37. The van der Waals surface area contributed by atoms with Crippen molar-refractivity contribution in [2.75, 3.05) is 57.8 Å². The van der Waals surface area contributed by atoms with Crippen LogP contribution in [-0.4, -0.2) is 72.4 Å². The van der Waals surface area contributed by atoms with Crippen LogP contribution < -0.4 is 10.1 Å². The lowest BCUT2D eigenvalue weighted by Crippen LogP contribution is -2.28. The van der Waals surface area contributed by atoms with Crippen LogP contribution in [0.25, 0.3) is 12.2 Å². The molecular formula is C27H37NO8S. The summed E-state index contributed by atoms with van der Waals surface area (Å²) in [6, 6.07) is 15.5. The number of ether oxygens (including phenoxy) is 4. The maximum atomic E-state index is 11.8. The smallest absolute Gasteiger partial charge is 0.325 e. The fourth-order valence-corrected chi connectivity index (χ4v) is 3.29. The molecule has 2 aromatic carbocycles. The van der Waals surface area contributed by atoms with Gasteiger partial charge in [0, 0.05) is 5.69 Å². The molecule has 1 N–H and O–H groups in total. The first-order valence-corrected chi connectivity index (χ1v) is 13.8. The van der Waals surface area contributed by atoms with E-state index in [1.165, 1.54) is 0 Å². The van der Waals surface area contributed by atoms with Gasteiger partial charge in [0.05, 0.1) is 39.3 Å². The van der Waals surface area contributed by atoms with E-state index in [2.05, 4.69) is 9.50 Å². The standard InChI is InChI=1S/C27H37NO8S/c1-27(2,3)36-26(29)21-28-24-11-7-22(8-12-24)5-6-23-9-13-25(14-10-23)34-19-17-32-15-16-33-18-20-35-37(4,30)31/h5-14,28H,15-21H2,1-4H3. The van der Waals surface area contributed by atoms with Gasteiger partial charge < -0.3 is 24.3 Å². The third-order valence-corrected chi connectivity index (χ3v) is 5.10. The van der Waals surface area contributed by atoms with E-state index >= 15 is 0 Å². The first-order valence-electron chi connectivity index (χ1n) is 12.0. The van der Waals surface area contributed by atoms with Crippen LogP contribution in [0.1, 0.15) is 31.9 Å². The molecule has 0 bridgehead atoms. The molecule has 0 aliphatic carbocycles. The Labute approximate surface area is 219 Å². The van der Waals surface area contributed by atoms with Gasteiger partial charge in [-0.2, -0.15) is 8.42 Å². The van der Waals surface area contributed by atoms with Crippen molar-refractivity contribution in [1.82, 2.24) is 0 Å². The van der Waals surface area contributed by atoms with Crippen LogP contribution >= 0.6 is 0 Å². The van der Waals surface area contributed by atoms with Crippen LogP contribution in [0.15, 0.2) is 48.5 Å². The molecule has 0 radical (unpaired) electrons. The van der Waals surface area contributed by atoms with Gasteiger partial charge >= 0.3 is 5.97 Å². The summed E-state index contributed by atoms with van der Waals surface area (Å²) in [4.78, 5) is 11.8. The largest absolute Gasteiger partial charge is 0.491 e. The molecular weight excluding hydrogens is 498 g/mol. The van der Waals surface area contributed by atoms with E-state index in [0.717, 1.165) is 28.8 Å². The minimum Gasteiger partial charge on any atom is -0.491 e. The lowest BCUT2D eigenvalue weighted by atomic mass is 10.1. The second-order valence-electron chi connectivity index (χ2n) is 9.06. The second-order valence-corrected chi connectivity index (χ2v) is 10.7. The topological polar surface area (TPSA) is 109 Å². The summed E-state index contributed by atoms with van der Waals surface area (Å²) in [6.07, 6.45) is 5.02. The van der Waals surface area contributed by atoms with Crippen molar-refractivity contribution in [3.8, 4) is 5.75 Å². The minimum absolute atomic E-state index is 0.00569. The van der Waals surface area contributed by atoms with Crippen LogP contribution in [0.5, 0.6) is 5.75 Å². The number of hydrogen-bond acceptors (Lipinski definition) is 9. The number of carbonyl (C=O) groups excluding carboxylic acids is 1. The minimum atomic E-state index is -3.43. The van der Waals surface area contributed by atoms with Crippen LogP contribution in [0, 0.1) is 0 Å². The first kappa shape index (κ1) is 30.3. The van der Waals surface area contributed by atoms with E-state index in [-0.39, 0.29) is 25.7 Å². The number of anilines is 1. The maximum Gasteiger partial charge on any atom is 0.325 e. The molecule has 0 aromatic heterocycles. The molecule has 10 heteroatoms. The summed E-state index contributed by atoms with van der Waals surface area (Å²) in [7, 11) is -3.43. The summed E-state index contributed by atoms with van der Waals surface area (Å²) < 4.78 is 47.8. The van der Waals surface area contributed by atoms with Gasteiger partial charge in [-0.15, -0.1) is 0 Å². The van der Waals surface area contributed by atoms with Gasteiger partial charge in [-0.3, -0.25) is 8.98 Å². The second kappa shape index (κ2) is 15.4. The molecule has 2 aromatic rings. The molecule has 0 fully saturated rings. The zero-order valence-corrected chi connectivity index (χ0v) is 22.7. The Bertz CT molecular complexity index is 1070. The predicted octanol–water partition coefficient (Wildman–Crippen LogP) is 4.00. The van der Waals surface area contributed by atoms with Crippen LogP contribution in [0.4, 0.5) is 5.69 Å². The van der Waals surface area contributed by atoms with E-state index in [1.807, 2.05) is 81.5 Å². The SMILES string of the molecule is CC(C)(C)OC(=O)CNc1ccc(C=Cc2ccc(OCCOCCOCCOS(C)(=O)=O)cc2)cc1. The van der Waals surface area contributed by atoms with E-state index in [1.54, 1.807) is 0 Å². The molecule has 0 unspecified atom stereocenters. The number of hydrogen-bond donors (Lipinski definition) is 1. The van der Waals surface area contributed by atoms with Crippen molar-refractivity contribution >= 4 is 33.9 Å². The highest BCUT2D eigenvalue weighted by atomic mass is 32.2. The Balaban J connectivity index is 1.62. The van der Waals surface area contributed by atoms with Crippen LogP contribution in [0.2, 0.25) is 0 Å².